The fraction of sp³-hybridized carbons (Fsp3) is 0.500. The van der Waals surface area contributed by atoms with Gasteiger partial charge >= 0.3 is 0 Å². The molecule has 118 valence electrons. The molecule has 1 amide bonds. The lowest BCUT2D eigenvalue weighted by atomic mass is 10.0. The number of carbonyl (C=O) groups is 1. The maximum Gasteiger partial charge on any atom is 0.264 e. The Balaban J connectivity index is 1.53. The molecule has 1 aromatic carbocycles. The summed E-state index contributed by atoms with van der Waals surface area (Å²) in [6.45, 7) is 1.99. The third-order valence-electron chi connectivity index (χ3n) is 4.20. The molecule has 1 unspecified atom stereocenters. The second kappa shape index (κ2) is 6.44. The van der Waals surface area contributed by atoms with Crippen LogP contribution < -0.4 is 5.32 Å². The van der Waals surface area contributed by atoms with Crippen molar-refractivity contribution in [3.8, 4) is 0 Å². The molecule has 22 heavy (non-hydrogen) atoms. The zero-order valence-corrected chi connectivity index (χ0v) is 12.6. The Morgan fingerprint density at radius 2 is 2.00 bits per heavy atom. The predicted molar refractivity (Wildman–Crippen MR) is 81.1 cm³/mol. The Morgan fingerprint density at radius 3 is 2.68 bits per heavy atom. The third kappa shape index (κ3) is 3.44. The van der Waals surface area contributed by atoms with E-state index >= 15 is 0 Å². The molecule has 0 spiro atoms. The SMILES string of the molecule is CN1CCC(NC(=O)C2CC(c3ccc(F)cc3)=NO2)CC1. The molecule has 0 saturated carbocycles. The topological polar surface area (TPSA) is 53.9 Å². The van der Waals surface area contributed by atoms with Gasteiger partial charge in [-0.3, -0.25) is 4.79 Å². The van der Waals surface area contributed by atoms with Crippen molar-refractivity contribution in [1.29, 1.82) is 0 Å². The van der Waals surface area contributed by atoms with Crippen LogP contribution in [0.15, 0.2) is 29.4 Å². The Hall–Kier alpha value is -1.95. The highest BCUT2D eigenvalue weighted by Crippen LogP contribution is 2.18. The van der Waals surface area contributed by atoms with Crippen LogP contribution in [-0.2, 0) is 9.63 Å². The molecule has 6 heteroatoms. The number of benzene rings is 1. The van der Waals surface area contributed by atoms with E-state index in [1.54, 1.807) is 12.1 Å². The fourth-order valence-corrected chi connectivity index (χ4v) is 2.78. The molecule has 1 aromatic rings. The van der Waals surface area contributed by atoms with Gasteiger partial charge in [0.2, 0.25) is 6.10 Å². The van der Waals surface area contributed by atoms with Crippen molar-refractivity contribution in [3.63, 3.8) is 0 Å². The summed E-state index contributed by atoms with van der Waals surface area (Å²) in [4.78, 5) is 19.7. The molecule has 0 aliphatic carbocycles. The number of piperidine rings is 1. The van der Waals surface area contributed by atoms with Crippen LogP contribution in [0.5, 0.6) is 0 Å². The van der Waals surface area contributed by atoms with E-state index in [9.17, 15) is 9.18 Å². The van der Waals surface area contributed by atoms with Gasteiger partial charge in [0.1, 0.15) is 5.82 Å². The monoisotopic (exact) mass is 305 g/mol. The van der Waals surface area contributed by atoms with Gasteiger partial charge in [-0.15, -0.1) is 0 Å². The van der Waals surface area contributed by atoms with E-state index in [2.05, 4.69) is 22.4 Å². The summed E-state index contributed by atoms with van der Waals surface area (Å²) in [7, 11) is 2.08. The van der Waals surface area contributed by atoms with E-state index < -0.39 is 6.10 Å². The summed E-state index contributed by atoms with van der Waals surface area (Å²) in [5, 5.41) is 7.01. The molecule has 5 nitrogen and oxygen atoms in total. The molecule has 0 aromatic heterocycles. The van der Waals surface area contributed by atoms with Crippen molar-refractivity contribution in [2.45, 2.75) is 31.4 Å². The first-order chi connectivity index (χ1) is 10.6. The number of rotatable bonds is 3. The van der Waals surface area contributed by atoms with Crippen LogP contribution in [0.2, 0.25) is 0 Å². The van der Waals surface area contributed by atoms with Crippen molar-refractivity contribution < 1.29 is 14.0 Å². The van der Waals surface area contributed by atoms with Gasteiger partial charge in [0.15, 0.2) is 0 Å². The van der Waals surface area contributed by atoms with E-state index in [-0.39, 0.29) is 17.8 Å². The molecule has 2 heterocycles. The Kier molecular flexibility index (Phi) is 4.38. The van der Waals surface area contributed by atoms with Crippen molar-refractivity contribution in [2.75, 3.05) is 20.1 Å². The number of likely N-dealkylation sites (tertiary alicyclic amines) is 1. The van der Waals surface area contributed by atoms with Gasteiger partial charge in [0, 0.05) is 12.5 Å². The van der Waals surface area contributed by atoms with Crippen LogP contribution in [0.1, 0.15) is 24.8 Å². The molecule has 1 atom stereocenters. The lowest BCUT2D eigenvalue weighted by molar-refractivity contribution is -0.132. The molecule has 2 aliphatic heterocycles. The van der Waals surface area contributed by atoms with Crippen molar-refractivity contribution in [2.24, 2.45) is 5.16 Å². The van der Waals surface area contributed by atoms with Gasteiger partial charge in [-0.2, -0.15) is 0 Å². The molecular weight excluding hydrogens is 285 g/mol. The maximum atomic E-state index is 12.9. The fourth-order valence-electron chi connectivity index (χ4n) is 2.78. The first kappa shape index (κ1) is 15.0. The normalized spacial score (nSPS) is 23.0. The van der Waals surface area contributed by atoms with Crippen LogP contribution in [0.25, 0.3) is 0 Å². The number of hydrogen-bond acceptors (Lipinski definition) is 4. The van der Waals surface area contributed by atoms with E-state index in [4.69, 9.17) is 4.84 Å². The summed E-state index contributed by atoms with van der Waals surface area (Å²) in [6, 6.07) is 6.26. The molecule has 0 radical (unpaired) electrons. The minimum atomic E-state index is -0.584. The van der Waals surface area contributed by atoms with Crippen LogP contribution in [0.3, 0.4) is 0 Å². The predicted octanol–water partition coefficient (Wildman–Crippen LogP) is 1.53. The first-order valence-corrected chi connectivity index (χ1v) is 7.59. The first-order valence-electron chi connectivity index (χ1n) is 7.59. The van der Waals surface area contributed by atoms with Gasteiger partial charge < -0.3 is 15.1 Å². The van der Waals surface area contributed by atoms with Crippen LogP contribution >= 0.6 is 0 Å². The molecule has 0 bridgehead atoms. The second-order valence-corrected chi connectivity index (χ2v) is 5.93. The smallest absolute Gasteiger partial charge is 0.264 e. The number of halogens is 1. The van der Waals surface area contributed by atoms with Crippen molar-refractivity contribution >= 4 is 11.6 Å². The zero-order chi connectivity index (χ0) is 15.5. The maximum absolute atomic E-state index is 12.9. The van der Waals surface area contributed by atoms with E-state index in [1.807, 2.05) is 0 Å². The standard InChI is InChI=1S/C16H20FN3O2/c1-20-8-6-13(7-9-20)18-16(21)15-10-14(19-22-15)11-2-4-12(17)5-3-11/h2-5,13,15H,6-10H2,1H3,(H,18,21). The Bertz CT molecular complexity index is 565. The third-order valence-corrected chi connectivity index (χ3v) is 4.20. The molecule has 1 N–H and O–H groups in total. The van der Waals surface area contributed by atoms with Crippen molar-refractivity contribution in [1.82, 2.24) is 10.2 Å². The number of hydrogen-bond donors (Lipinski definition) is 1. The van der Waals surface area contributed by atoms with E-state index in [1.165, 1.54) is 12.1 Å². The summed E-state index contributed by atoms with van der Waals surface area (Å²) in [5.74, 6) is -0.407. The van der Waals surface area contributed by atoms with Gasteiger partial charge in [0.25, 0.3) is 5.91 Å². The second-order valence-electron chi connectivity index (χ2n) is 5.93. The van der Waals surface area contributed by atoms with Crippen LogP contribution in [0, 0.1) is 5.82 Å². The zero-order valence-electron chi connectivity index (χ0n) is 12.6. The molecule has 2 aliphatic rings. The number of nitrogens with zero attached hydrogens (tertiary/aromatic N) is 2. The Morgan fingerprint density at radius 1 is 1.32 bits per heavy atom. The molecule has 1 saturated heterocycles. The van der Waals surface area contributed by atoms with Gasteiger partial charge in [-0.05, 0) is 50.7 Å². The number of nitrogens with one attached hydrogen (secondary N) is 1. The minimum absolute atomic E-state index is 0.115. The van der Waals surface area contributed by atoms with Gasteiger partial charge in [-0.1, -0.05) is 17.3 Å². The average Bonchev–Trinajstić information content (AvgIpc) is 3.00. The van der Waals surface area contributed by atoms with E-state index in [0.29, 0.717) is 12.1 Å². The number of carbonyl (C=O) groups excluding carboxylic acids is 1. The number of amides is 1. The molecule has 1 fully saturated rings. The van der Waals surface area contributed by atoms with Gasteiger partial charge in [0.05, 0.1) is 5.71 Å². The van der Waals surface area contributed by atoms with Crippen LogP contribution in [-0.4, -0.2) is 48.8 Å². The molecular formula is C16H20FN3O2. The van der Waals surface area contributed by atoms with Crippen LogP contribution in [0.4, 0.5) is 4.39 Å². The highest BCUT2D eigenvalue weighted by Gasteiger charge is 2.30. The summed E-state index contributed by atoms with van der Waals surface area (Å²) >= 11 is 0. The highest BCUT2D eigenvalue weighted by atomic mass is 19.1. The summed E-state index contributed by atoms with van der Waals surface area (Å²) in [5.41, 5.74) is 1.47. The lowest BCUT2D eigenvalue weighted by Crippen LogP contribution is -2.46. The molecule has 3 rings (SSSR count). The minimum Gasteiger partial charge on any atom is -0.382 e. The average molecular weight is 305 g/mol. The van der Waals surface area contributed by atoms with Crippen molar-refractivity contribution in [3.05, 3.63) is 35.6 Å². The van der Waals surface area contributed by atoms with Gasteiger partial charge in [-0.25, -0.2) is 4.39 Å². The lowest BCUT2D eigenvalue weighted by Gasteiger charge is -2.29. The highest BCUT2D eigenvalue weighted by molar-refractivity contribution is 6.04. The largest absolute Gasteiger partial charge is 0.382 e. The Labute approximate surface area is 129 Å². The summed E-state index contributed by atoms with van der Waals surface area (Å²) in [6.07, 6.45) is 1.76. The van der Waals surface area contributed by atoms with E-state index in [0.717, 1.165) is 31.5 Å². The summed E-state index contributed by atoms with van der Waals surface area (Å²) < 4.78 is 12.9. The quantitative estimate of drug-likeness (QED) is 0.921. The number of oxime groups is 1.